The fourth-order valence-electron chi connectivity index (χ4n) is 4.62. The zero-order valence-electron chi connectivity index (χ0n) is 19.9. The summed E-state index contributed by atoms with van der Waals surface area (Å²) in [6.07, 6.45) is 2.26. The van der Waals surface area contributed by atoms with Crippen LogP contribution in [0.4, 0.5) is 5.69 Å². The average molecular weight is 564 g/mol. The Balaban J connectivity index is 0.00000306. The van der Waals surface area contributed by atoms with Gasteiger partial charge < -0.3 is 20.3 Å². The first-order valence-corrected chi connectivity index (χ1v) is 11.9. The smallest absolute Gasteiger partial charge is 0.191 e. The van der Waals surface area contributed by atoms with Crippen LogP contribution in [0.25, 0.3) is 0 Å². The van der Waals surface area contributed by atoms with Crippen molar-refractivity contribution in [1.82, 2.24) is 15.5 Å². The van der Waals surface area contributed by atoms with E-state index in [1.165, 1.54) is 16.8 Å². The number of morpholine rings is 1. The van der Waals surface area contributed by atoms with Gasteiger partial charge in [-0.2, -0.15) is 0 Å². The van der Waals surface area contributed by atoms with Crippen LogP contribution in [-0.2, 0) is 17.8 Å². The standard InChI is InChI=1S/C26H37N5O.HI/c1-21-18-24(12-13-31(21)20-23-6-4-3-5-7-23)29-26(27-2)28-19-22-8-10-25(11-9-22)30-14-16-32-17-15-30;/h3-11,21,24H,12-20H2,1-2H3,(H2,27,28,29);1H. The van der Waals surface area contributed by atoms with Crippen molar-refractivity contribution in [2.45, 2.75) is 44.9 Å². The molecule has 2 saturated heterocycles. The van der Waals surface area contributed by atoms with E-state index in [0.29, 0.717) is 12.1 Å². The Morgan fingerprint density at radius 3 is 2.39 bits per heavy atom. The topological polar surface area (TPSA) is 52.1 Å². The summed E-state index contributed by atoms with van der Waals surface area (Å²) in [5.74, 6) is 0.885. The monoisotopic (exact) mass is 563 g/mol. The maximum absolute atomic E-state index is 5.45. The molecule has 0 aliphatic carbocycles. The highest BCUT2D eigenvalue weighted by Crippen LogP contribution is 2.20. The lowest BCUT2D eigenvalue weighted by Gasteiger charge is -2.38. The lowest BCUT2D eigenvalue weighted by atomic mass is 9.97. The normalized spacial score (nSPS) is 21.9. The number of hydrogen-bond donors (Lipinski definition) is 2. The second-order valence-electron chi connectivity index (χ2n) is 8.86. The van der Waals surface area contributed by atoms with Crippen molar-refractivity contribution in [3.8, 4) is 0 Å². The van der Waals surface area contributed by atoms with Crippen LogP contribution >= 0.6 is 24.0 Å². The summed E-state index contributed by atoms with van der Waals surface area (Å²) in [4.78, 5) is 9.42. The van der Waals surface area contributed by atoms with E-state index in [9.17, 15) is 0 Å². The zero-order valence-corrected chi connectivity index (χ0v) is 22.2. The molecule has 2 aliphatic rings. The Morgan fingerprint density at radius 1 is 1.00 bits per heavy atom. The van der Waals surface area contributed by atoms with Crippen LogP contribution < -0.4 is 15.5 Å². The SMILES string of the molecule is CN=C(NCc1ccc(N2CCOCC2)cc1)NC1CCN(Cc2ccccc2)C(C)C1.I. The predicted octanol–water partition coefficient (Wildman–Crippen LogP) is 3.86. The van der Waals surface area contributed by atoms with E-state index in [1.807, 2.05) is 7.05 Å². The number of rotatable bonds is 6. The molecule has 0 bridgehead atoms. The summed E-state index contributed by atoms with van der Waals surface area (Å²) in [7, 11) is 1.85. The number of hydrogen-bond acceptors (Lipinski definition) is 4. The number of anilines is 1. The van der Waals surface area contributed by atoms with Gasteiger partial charge in [0.1, 0.15) is 0 Å². The third-order valence-corrected chi connectivity index (χ3v) is 6.58. The van der Waals surface area contributed by atoms with Crippen molar-refractivity contribution in [2.75, 3.05) is 44.8 Å². The van der Waals surface area contributed by atoms with Gasteiger partial charge in [0.15, 0.2) is 5.96 Å². The van der Waals surface area contributed by atoms with Crippen LogP contribution in [0.2, 0.25) is 0 Å². The van der Waals surface area contributed by atoms with Crippen molar-refractivity contribution < 1.29 is 4.74 Å². The molecule has 0 aromatic heterocycles. The lowest BCUT2D eigenvalue weighted by molar-refractivity contribution is 0.122. The van der Waals surface area contributed by atoms with Crippen LogP contribution in [0.5, 0.6) is 0 Å². The molecule has 2 atom stereocenters. The first kappa shape index (κ1) is 25.8. The van der Waals surface area contributed by atoms with E-state index in [0.717, 1.165) is 64.7 Å². The number of guanidine groups is 1. The van der Waals surface area contributed by atoms with Crippen LogP contribution in [0, 0.1) is 0 Å². The predicted molar refractivity (Wildman–Crippen MR) is 148 cm³/mol. The molecule has 4 rings (SSSR count). The molecule has 2 unspecified atom stereocenters. The van der Waals surface area contributed by atoms with Gasteiger partial charge in [0.25, 0.3) is 0 Å². The molecular weight excluding hydrogens is 525 g/mol. The van der Waals surface area contributed by atoms with Gasteiger partial charge in [-0.25, -0.2) is 0 Å². The fourth-order valence-corrected chi connectivity index (χ4v) is 4.62. The number of nitrogens with zero attached hydrogens (tertiary/aromatic N) is 3. The molecule has 6 nitrogen and oxygen atoms in total. The maximum Gasteiger partial charge on any atom is 0.191 e. The van der Waals surface area contributed by atoms with Gasteiger partial charge in [0, 0.05) is 57.5 Å². The summed E-state index contributed by atoms with van der Waals surface area (Å²) < 4.78 is 5.45. The molecule has 0 saturated carbocycles. The van der Waals surface area contributed by atoms with Crippen molar-refractivity contribution >= 4 is 35.6 Å². The highest BCUT2D eigenvalue weighted by Gasteiger charge is 2.26. The average Bonchev–Trinajstić information content (AvgIpc) is 2.85. The first-order valence-electron chi connectivity index (χ1n) is 11.9. The highest BCUT2D eigenvalue weighted by atomic mass is 127. The Kier molecular flexibility index (Phi) is 10.3. The maximum atomic E-state index is 5.45. The molecule has 0 radical (unpaired) electrons. The van der Waals surface area contributed by atoms with Crippen molar-refractivity contribution in [1.29, 1.82) is 0 Å². The third kappa shape index (κ3) is 7.58. The van der Waals surface area contributed by atoms with E-state index in [1.54, 1.807) is 0 Å². The fraction of sp³-hybridized carbons (Fsp3) is 0.500. The van der Waals surface area contributed by atoms with Crippen LogP contribution in [0.1, 0.15) is 30.9 Å². The third-order valence-electron chi connectivity index (χ3n) is 6.58. The molecule has 0 amide bonds. The molecule has 33 heavy (non-hydrogen) atoms. The molecule has 2 aromatic carbocycles. The molecule has 2 aliphatic heterocycles. The zero-order chi connectivity index (χ0) is 22.2. The first-order chi connectivity index (χ1) is 15.7. The van der Waals surface area contributed by atoms with Crippen molar-refractivity contribution in [2.24, 2.45) is 4.99 Å². The van der Waals surface area contributed by atoms with Crippen LogP contribution in [-0.4, -0.2) is 62.8 Å². The number of ether oxygens (including phenoxy) is 1. The number of likely N-dealkylation sites (tertiary alicyclic amines) is 1. The van der Waals surface area contributed by atoms with Gasteiger partial charge in [-0.1, -0.05) is 42.5 Å². The molecule has 2 aromatic rings. The van der Waals surface area contributed by atoms with Gasteiger partial charge in [-0.15, -0.1) is 24.0 Å². The minimum absolute atomic E-state index is 0. The Bertz CT molecular complexity index is 855. The van der Waals surface area contributed by atoms with Gasteiger partial charge in [0.2, 0.25) is 0 Å². The minimum atomic E-state index is 0. The van der Waals surface area contributed by atoms with Crippen LogP contribution in [0.15, 0.2) is 59.6 Å². The molecule has 2 N–H and O–H groups in total. The summed E-state index contributed by atoms with van der Waals surface area (Å²) in [6, 6.07) is 20.6. The van der Waals surface area contributed by atoms with Gasteiger partial charge in [0.05, 0.1) is 13.2 Å². The number of nitrogens with one attached hydrogen (secondary N) is 2. The lowest BCUT2D eigenvalue weighted by Crippen LogP contribution is -2.51. The van der Waals surface area contributed by atoms with E-state index < -0.39 is 0 Å². The van der Waals surface area contributed by atoms with Crippen molar-refractivity contribution in [3.05, 3.63) is 65.7 Å². The summed E-state index contributed by atoms with van der Waals surface area (Å²) >= 11 is 0. The number of piperidine rings is 1. The minimum Gasteiger partial charge on any atom is -0.378 e. The highest BCUT2D eigenvalue weighted by molar-refractivity contribution is 14.0. The molecule has 180 valence electrons. The Hall–Kier alpha value is -1.84. The van der Waals surface area contributed by atoms with Gasteiger partial charge >= 0.3 is 0 Å². The van der Waals surface area contributed by atoms with Gasteiger partial charge in [-0.3, -0.25) is 9.89 Å². The molecular formula is C26H38IN5O. The molecule has 0 spiro atoms. The molecule has 2 heterocycles. The van der Waals surface area contributed by atoms with Gasteiger partial charge in [-0.05, 0) is 43.0 Å². The van der Waals surface area contributed by atoms with E-state index in [4.69, 9.17) is 4.74 Å². The van der Waals surface area contributed by atoms with E-state index in [-0.39, 0.29) is 24.0 Å². The van der Waals surface area contributed by atoms with E-state index in [2.05, 4.69) is 86.9 Å². The quantitative estimate of drug-likeness (QED) is 0.318. The summed E-state index contributed by atoms with van der Waals surface area (Å²) in [6.45, 7) is 8.81. The molecule has 7 heteroatoms. The Labute approximate surface area is 215 Å². The number of aliphatic imine (C=N–C) groups is 1. The number of halogens is 1. The number of benzene rings is 2. The second kappa shape index (κ2) is 13.2. The summed E-state index contributed by atoms with van der Waals surface area (Å²) in [5.41, 5.74) is 3.93. The van der Waals surface area contributed by atoms with E-state index >= 15 is 0 Å². The largest absolute Gasteiger partial charge is 0.378 e. The second-order valence-corrected chi connectivity index (χ2v) is 8.86. The Morgan fingerprint density at radius 2 is 1.73 bits per heavy atom. The van der Waals surface area contributed by atoms with Crippen molar-refractivity contribution in [3.63, 3.8) is 0 Å². The molecule has 2 fully saturated rings. The summed E-state index contributed by atoms with van der Waals surface area (Å²) in [5, 5.41) is 7.13. The van der Waals surface area contributed by atoms with Crippen LogP contribution in [0.3, 0.4) is 0 Å².